The molecule has 0 saturated heterocycles. The van der Waals surface area contributed by atoms with Crippen LogP contribution in [0.2, 0.25) is 5.02 Å². The lowest BCUT2D eigenvalue weighted by atomic mass is 9.95. The highest BCUT2D eigenvalue weighted by Crippen LogP contribution is 2.30. The van der Waals surface area contributed by atoms with Crippen molar-refractivity contribution in [2.24, 2.45) is 4.99 Å². The molecular weight excluding hydrogens is 265 g/mol. The van der Waals surface area contributed by atoms with Gasteiger partial charge in [-0.15, -0.1) is 0 Å². The van der Waals surface area contributed by atoms with Crippen LogP contribution in [-0.2, 0) is 10.3 Å². The van der Waals surface area contributed by atoms with Crippen molar-refractivity contribution in [1.29, 1.82) is 0 Å². The number of hydrogen-bond acceptors (Lipinski definition) is 2. The van der Waals surface area contributed by atoms with Crippen molar-refractivity contribution in [3.63, 3.8) is 0 Å². The molecule has 0 fully saturated rings. The molecule has 14 heavy (non-hydrogen) atoms. The van der Waals surface area contributed by atoms with Gasteiger partial charge in [-0.2, -0.15) is 4.99 Å². The minimum Gasteiger partial charge on any atom is -0.211 e. The summed E-state index contributed by atoms with van der Waals surface area (Å²) < 4.78 is 0.828. The molecule has 0 atom stereocenters. The molecule has 0 saturated carbocycles. The van der Waals surface area contributed by atoms with Crippen molar-refractivity contribution in [1.82, 2.24) is 0 Å². The zero-order valence-corrected chi connectivity index (χ0v) is 10.2. The first-order chi connectivity index (χ1) is 6.47. The second-order valence-corrected chi connectivity index (χ2v) is 4.65. The van der Waals surface area contributed by atoms with Crippen LogP contribution in [0.5, 0.6) is 0 Å². The molecule has 1 aromatic rings. The van der Waals surface area contributed by atoms with Gasteiger partial charge in [-0.05, 0) is 47.5 Å². The highest BCUT2D eigenvalue weighted by Gasteiger charge is 2.19. The topological polar surface area (TPSA) is 29.4 Å². The Morgan fingerprint density at radius 3 is 2.64 bits per heavy atom. The van der Waals surface area contributed by atoms with Gasteiger partial charge in [0.1, 0.15) is 0 Å². The number of rotatable bonds is 2. The lowest BCUT2D eigenvalue weighted by Gasteiger charge is -2.18. The summed E-state index contributed by atoms with van der Waals surface area (Å²) in [4.78, 5) is 13.9. The number of nitrogens with zero attached hydrogens (tertiary/aromatic N) is 1. The largest absolute Gasteiger partial charge is 0.235 e. The molecule has 1 rings (SSSR count). The maximum atomic E-state index is 10.2. The molecule has 0 aliphatic rings. The Morgan fingerprint density at radius 1 is 1.50 bits per heavy atom. The number of halogens is 2. The quantitative estimate of drug-likeness (QED) is 0.597. The van der Waals surface area contributed by atoms with Crippen molar-refractivity contribution in [3.05, 3.63) is 33.3 Å². The average Bonchev–Trinajstić information content (AvgIpc) is 2.09. The van der Waals surface area contributed by atoms with Gasteiger partial charge in [-0.25, -0.2) is 4.79 Å². The van der Waals surface area contributed by atoms with E-state index in [1.165, 1.54) is 0 Å². The van der Waals surface area contributed by atoms with Gasteiger partial charge in [-0.3, -0.25) is 0 Å². The first-order valence-corrected chi connectivity index (χ1v) is 5.19. The highest BCUT2D eigenvalue weighted by atomic mass is 79.9. The van der Waals surface area contributed by atoms with E-state index in [1.807, 2.05) is 26.0 Å². The monoisotopic (exact) mass is 273 g/mol. The summed E-state index contributed by atoms with van der Waals surface area (Å²) in [5.41, 5.74) is 0.306. The molecule has 0 bridgehead atoms. The summed E-state index contributed by atoms with van der Waals surface area (Å²) >= 11 is 9.23. The van der Waals surface area contributed by atoms with Gasteiger partial charge in [0.2, 0.25) is 6.08 Å². The maximum absolute atomic E-state index is 10.2. The third kappa shape index (κ3) is 2.44. The molecule has 4 heteroatoms. The molecule has 0 unspecified atom stereocenters. The average molecular weight is 275 g/mol. The van der Waals surface area contributed by atoms with Gasteiger partial charge in [0.15, 0.2) is 0 Å². The van der Waals surface area contributed by atoms with Crippen molar-refractivity contribution in [3.8, 4) is 0 Å². The van der Waals surface area contributed by atoms with Crippen LogP contribution in [0, 0.1) is 0 Å². The van der Waals surface area contributed by atoms with Gasteiger partial charge in [0, 0.05) is 4.47 Å². The molecule has 0 aliphatic heterocycles. The minimum absolute atomic E-state index is 0.577. The van der Waals surface area contributed by atoms with E-state index in [4.69, 9.17) is 11.6 Å². The molecule has 0 N–H and O–H groups in total. The van der Waals surface area contributed by atoms with Crippen molar-refractivity contribution in [2.75, 3.05) is 0 Å². The minimum atomic E-state index is -0.577. The van der Waals surface area contributed by atoms with Crippen molar-refractivity contribution < 1.29 is 4.79 Å². The van der Waals surface area contributed by atoms with E-state index in [1.54, 1.807) is 12.1 Å². The third-order valence-electron chi connectivity index (χ3n) is 1.95. The SMILES string of the molecule is CC(C)(N=C=O)c1ccc(Br)c(Cl)c1. The summed E-state index contributed by atoms with van der Waals surface area (Å²) in [6.45, 7) is 3.66. The predicted octanol–water partition coefficient (Wildman–Crippen LogP) is 3.67. The second kappa shape index (κ2) is 4.26. The van der Waals surface area contributed by atoms with E-state index in [0.29, 0.717) is 5.02 Å². The normalized spacial score (nSPS) is 10.9. The molecule has 1 aromatic carbocycles. The van der Waals surface area contributed by atoms with E-state index in [0.717, 1.165) is 10.0 Å². The van der Waals surface area contributed by atoms with Gasteiger partial charge >= 0.3 is 0 Å². The van der Waals surface area contributed by atoms with Crippen LogP contribution < -0.4 is 0 Å². The Hall–Kier alpha value is -0.630. The van der Waals surface area contributed by atoms with Crippen molar-refractivity contribution in [2.45, 2.75) is 19.4 Å². The van der Waals surface area contributed by atoms with Crippen LogP contribution >= 0.6 is 27.5 Å². The lowest BCUT2D eigenvalue weighted by Crippen LogP contribution is -2.13. The maximum Gasteiger partial charge on any atom is 0.235 e. The molecule has 0 heterocycles. The fraction of sp³-hybridized carbons (Fsp3) is 0.300. The molecule has 0 aromatic heterocycles. The first-order valence-electron chi connectivity index (χ1n) is 4.02. The van der Waals surface area contributed by atoms with Crippen LogP contribution in [-0.4, -0.2) is 6.08 Å². The van der Waals surface area contributed by atoms with E-state index >= 15 is 0 Å². The number of aliphatic imine (C=N–C) groups is 1. The number of benzene rings is 1. The molecule has 0 radical (unpaired) electrons. The summed E-state index contributed by atoms with van der Waals surface area (Å²) in [6.07, 6.45) is 1.56. The number of carbonyl (C=O) groups excluding carboxylic acids is 1. The Morgan fingerprint density at radius 2 is 2.14 bits per heavy atom. The Kier molecular flexibility index (Phi) is 3.48. The summed E-state index contributed by atoms with van der Waals surface area (Å²) in [7, 11) is 0. The standard InChI is InChI=1S/C10H9BrClNO/c1-10(2,13-6-14)7-3-4-8(11)9(12)5-7/h3-5H,1-2H3. The summed E-state index contributed by atoms with van der Waals surface area (Å²) in [5, 5.41) is 0.608. The lowest BCUT2D eigenvalue weighted by molar-refractivity contribution is 0.523. The molecule has 0 amide bonds. The van der Waals surface area contributed by atoms with E-state index < -0.39 is 5.54 Å². The van der Waals surface area contributed by atoms with Crippen LogP contribution in [0.15, 0.2) is 27.7 Å². The third-order valence-corrected chi connectivity index (χ3v) is 3.18. The van der Waals surface area contributed by atoms with Gasteiger partial charge in [0.25, 0.3) is 0 Å². The van der Waals surface area contributed by atoms with Crippen LogP contribution in [0.25, 0.3) is 0 Å². The fourth-order valence-corrected chi connectivity index (χ4v) is 1.48. The van der Waals surface area contributed by atoms with Gasteiger partial charge in [-0.1, -0.05) is 17.7 Å². The zero-order valence-electron chi connectivity index (χ0n) is 7.84. The molecule has 0 spiro atoms. The summed E-state index contributed by atoms with van der Waals surface area (Å²) in [5.74, 6) is 0. The highest BCUT2D eigenvalue weighted by molar-refractivity contribution is 9.10. The van der Waals surface area contributed by atoms with Gasteiger partial charge < -0.3 is 0 Å². The predicted molar refractivity (Wildman–Crippen MR) is 60.3 cm³/mol. The van der Waals surface area contributed by atoms with E-state index in [2.05, 4.69) is 20.9 Å². The molecule has 2 nitrogen and oxygen atoms in total. The van der Waals surface area contributed by atoms with E-state index in [9.17, 15) is 4.79 Å². The molecule has 74 valence electrons. The fourth-order valence-electron chi connectivity index (χ4n) is 1.06. The van der Waals surface area contributed by atoms with Crippen LogP contribution in [0.1, 0.15) is 19.4 Å². The van der Waals surface area contributed by atoms with Crippen molar-refractivity contribution >= 4 is 33.6 Å². The van der Waals surface area contributed by atoms with Crippen LogP contribution in [0.3, 0.4) is 0 Å². The van der Waals surface area contributed by atoms with E-state index in [-0.39, 0.29) is 0 Å². The Bertz CT molecular complexity index is 397. The zero-order chi connectivity index (χ0) is 10.8. The first kappa shape index (κ1) is 11.4. The summed E-state index contributed by atoms with van der Waals surface area (Å²) in [6, 6.07) is 5.49. The number of isocyanates is 1. The van der Waals surface area contributed by atoms with Gasteiger partial charge in [0.05, 0.1) is 10.6 Å². The Balaban J connectivity index is 3.20. The smallest absolute Gasteiger partial charge is 0.211 e. The number of hydrogen-bond donors (Lipinski definition) is 0. The van der Waals surface area contributed by atoms with Crippen LogP contribution in [0.4, 0.5) is 0 Å². The molecule has 0 aliphatic carbocycles. The molecular formula is C10H9BrClNO. The Labute approximate surface area is 96.1 Å². The second-order valence-electron chi connectivity index (χ2n) is 3.39.